The van der Waals surface area contributed by atoms with Crippen LogP contribution < -0.4 is 5.32 Å². The average molecular weight is 372 g/mol. The lowest BCUT2D eigenvalue weighted by Crippen LogP contribution is -2.40. The minimum absolute atomic E-state index is 0.216. The lowest BCUT2D eigenvalue weighted by atomic mass is 10.1. The second-order valence-corrected chi connectivity index (χ2v) is 7.28. The van der Waals surface area contributed by atoms with Gasteiger partial charge < -0.3 is 10.5 Å². The Kier molecular flexibility index (Phi) is 20.0. The van der Waals surface area contributed by atoms with Crippen LogP contribution in [-0.2, 0) is 0 Å². The summed E-state index contributed by atoms with van der Waals surface area (Å²) in [5, 5.41) is 19.2. The molecule has 0 aromatic heterocycles. The molecule has 0 radical (unpaired) electrons. The monoisotopic (exact) mass is 371 g/mol. The Morgan fingerprint density at radius 3 is 1.73 bits per heavy atom. The molecule has 0 fully saturated rings. The molecule has 1 N–H and O–H groups in total. The highest BCUT2D eigenvalue weighted by molar-refractivity contribution is 4.59. The van der Waals surface area contributed by atoms with Crippen molar-refractivity contribution in [2.45, 2.75) is 104 Å². The predicted octanol–water partition coefficient (Wildman–Crippen LogP) is 5.78. The molecule has 6 heteroatoms. The Bertz CT molecular complexity index is 293. The quantitative estimate of drug-likeness (QED) is 0.157. The van der Waals surface area contributed by atoms with E-state index in [-0.39, 0.29) is 5.28 Å². The van der Waals surface area contributed by atoms with E-state index < -0.39 is 0 Å². The van der Waals surface area contributed by atoms with E-state index in [1.54, 1.807) is 0 Å². The summed E-state index contributed by atoms with van der Waals surface area (Å²) in [4.78, 5) is 10.5. The molecule has 0 atom stereocenters. The number of nitrogens with zero attached hydrogens (tertiary/aromatic N) is 3. The Morgan fingerprint density at radius 2 is 1.19 bits per heavy atom. The highest BCUT2D eigenvalue weighted by Crippen LogP contribution is 2.09. The minimum Gasteiger partial charge on any atom is -0.724 e. The SMILES string of the molecule is CCCCCCCCCCN(CCNCCCCCCCC)N([O-])N=O. The van der Waals surface area contributed by atoms with Crippen molar-refractivity contribution in [2.75, 3.05) is 26.2 Å². The van der Waals surface area contributed by atoms with Crippen LogP contribution in [0.3, 0.4) is 0 Å². The van der Waals surface area contributed by atoms with Crippen molar-refractivity contribution in [1.82, 2.24) is 15.6 Å². The van der Waals surface area contributed by atoms with Gasteiger partial charge in [-0.25, -0.2) is 5.01 Å². The van der Waals surface area contributed by atoms with Gasteiger partial charge in [-0.1, -0.05) is 90.9 Å². The molecule has 0 rings (SSSR count). The zero-order valence-electron chi connectivity index (χ0n) is 17.4. The van der Waals surface area contributed by atoms with Gasteiger partial charge in [0.25, 0.3) is 0 Å². The predicted molar refractivity (Wildman–Crippen MR) is 111 cm³/mol. The first-order chi connectivity index (χ1) is 12.8. The second-order valence-electron chi connectivity index (χ2n) is 7.28. The molecule has 0 aromatic carbocycles. The van der Waals surface area contributed by atoms with Gasteiger partial charge >= 0.3 is 0 Å². The van der Waals surface area contributed by atoms with Crippen LogP contribution in [0.5, 0.6) is 0 Å². The Hall–Kier alpha value is -0.720. The maximum Gasteiger partial charge on any atom is 0.0579 e. The summed E-state index contributed by atoms with van der Waals surface area (Å²) in [7, 11) is 0. The van der Waals surface area contributed by atoms with E-state index in [1.165, 1.54) is 82.1 Å². The van der Waals surface area contributed by atoms with Crippen LogP contribution in [-0.4, -0.2) is 36.5 Å². The highest BCUT2D eigenvalue weighted by atomic mass is 16.6. The largest absolute Gasteiger partial charge is 0.724 e. The Balaban J connectivity index is 3.62. The van der Waals surface area contributed by atoms with Crippen LogP contribution in [0, 0.1) is 10.1 Å². The van der Waals surface area contributed by atoms with Crippen LogP contribution in [0.15, 0.2) is 5.29 Å². The van der Waals surface area contributed by atoms with Gasteiger partial charge in [-0.15, -0.1) is 4.91 Å². The molecule has 6 nitrogen and oxygen atoms in total. The van der Waals surface area contributed by atoms with Crippen LogP contribution >= 0.6 is 0 Å². The van der Waals surface area contributed by atoms with Gasteiger partial charge in [-0.05, 0) is 19.4 Å². The van der Waals surface area contributed by atoms with E-state index >= 15 is 0 Å². The molecule has 26 heavy (non-hydrogen) atoms. The molecule has 0 heterocycles. The summed E-state index contributed by atoms with van der Waals surface area (Å²) >= 11 is 0. The number of nitrogens with one attached hydrogen (secondary N) is 1. The maximum atomic E-state index is 11.6. The van der Waals surface area contributed by atoms with Crippen molar-refractivity contribution in [3.8, 4) is 0 Å². The number of unbranched alkanes of at least 4 members (excludes halogenated alkanes) is 12. The highest BCUT2D eigenvalue weighted by Gasteiger charge is 2.06. The third-order valence-electron chi connectivity index (χ3n) is 4.84. The van der Waals surface area contributed by atoms with Crippen LogP contribution in [0.1, 0.15) is 104 Å². The summed E-state index contributed by atoms with van der Waals surface area (Å²) in [5.74, 6) is 0. The van der Waals surface area contributed by atoms with Gasteiger partial charge in [0.05, 0.1) is 5.29 Å². The fourth-order valence-corrected chi connectivity index (χ4v) is 3.13. The van der Waals surface area contributed by atoms with Crippen LogP contribution in [0.25, 0.3) is 0 Å². The molecule has 0 unspecified atom stereocenters. The zero-order valence-corrected chi connectivity index (χ0v) is 17.4. The third-order valence-corrected chi connectivity index (χ3v) is 4.84. The average Bonchev–Trinajstić information content (AvgIpc) is 2.66. The fraction of sp³-hybridized carbons (Fsp3) is 1.00. The smallest absolute Gasteiger partial charge is 0.0579 e. The van der Waals surface area contributed by atoms with Crippen molar-refractivity contribution in [3.05, 3.63) is 10.1 Å². The van der Waals surface area contributed by atoms with Crippen molar-refractivity contribution >= 4 is 0 Å². The molecule has 0 aromatic rings. The van der Waals surface area contributed by atoms with Crippen molar-refractivity contribution in [1.29, 1.82) is 0 Å². The molecule has 156 valence electrons. The van der Waals surface area contributed by atoms with Crippen LogP contribution in [0.4, 0.5) is 0 Å². The molecule has 0 aliphatic carbocycles. The Labute approximate surface area is 161 Å². The summed E-state index contributed by atoms with van der Waals surface area (Å²) in [6.45, 7) is 7.32. The molecule has 0 aliphatic rings. The summed E-state index contributed by atoms with van der Waals surface area (Å²) < 4.78 is 0. The summed E-state index contributed by atoms with van der Waals surface area (Å²) in [5.41, 5.74) is 0. The zero-order chi connectivity index (χ0) is 19.3. The van der Waals surface area contributed by atoms with E-state index in [9.17, 15) is 10.1 Å². The maximum absolute atomic E-state index is 11.6. The summed E-state index contributed by atoms with van der Waals surface area (Å²) in [6.07, 6.45) is 17.5. The van der Waals surface area contributed by atoms with Crippen molar-refractivity contribution in [2.24, 2.45) is 5.29 Å². The Morgan fingerprint density at radius 1 is 0.692 bits per heavy atom. The number of nitroso groups, excluding NO2 is 1. The summed E-state index contributed by atoms with van der Waals surface area (Å²) in [6, 6.07) is 0. The first-order valence-corrected chi connectivity index (χ1v) is 11.0. The number of hydrazine groups is 1. The standard InChI is InChI=1S/C20H43N4O2/c1-3-5-7-9-11-12-14-16-19-23(24(26)22-25)20-18-21-17-15-13-10-8-6-4-2/h21H,3-20H2,1-2H3/q-1. The van der Waals surface area contributed by atoms with E-state index in [4.69, 9.17) is 0 Å². The third kappa shape index (κ3) is 16.7. The van der Waals surface area contributed by atoms with E-state index in [0.717, 1.165) is 25.9 Å². The molecular formula is C20H43N4O2-. The van der Waals surface area contributed by atoms with Gasteiger partial charge in [0.15, 0.2) is 0 Å². The van der Waals surface area contributed by atoms with E-state index in [1.807, 2.05) is 0 Å². The fourth-order valence-electron chi connectivity index (χ4n) is 3.13. The first-order valence-electron chi connectivity index (χ1n) is 11.0. The lowest BCUT2D eigenvalue weighted by Gasteiger charge is -2.34. The van der Waals surface area contributed by atoms with Gasteiger partial charge in [0.2, 0.25) is 0 Å². The van der Waals surface area contributed by atoms with Gasteiger partial charge in [-0.3, -0.25) is 5.28 Å². The number of hydrogen-bond donors (Lipinski definition) is 1. The number of hydrogen-bond acceptors (Lipinski definition) is 5. The molecular weight excluding hydrogens is 328 g/mol. The van der Waals surface area contributed by atoms with Gasteiger partial charge in [-0.2, -0.15) is 0 Å². The minimum atomic E-state index is 0.216. The van der Waals surface area contributed by atoms with E-state index in [0.29, 0.717) is 13.1 Å². The molecule has 0 saturated carbocycles. The van der Waals surface area contributed by atoms with Gasteiger partial charge in [0, 0.05) is 19.6 Å². The lowest BCUT2D eigenvalue weighted by molar-refractivity contribution is 0.0214. The normalized spacial score (nSPS) is 11.2. The van der Waals surface area contributed by atoms with Crippen LogP contribution in [0.2, 0.25) is 0 Å². The van der Waals surface area contributed by atoms with Crippen molar-refractivity contribution < 1.29 is 0 Å². The molecule has 0 spiro atoms. The van der Waals surface area contributed by atoms with E-state index in [2.05, 4.69) is 24.5 Å². The first kappa shape index (κ1) is 25.3. The topological polar surface area (TPSA) is 71.0 Å². The second kappa shape index (κ2) is 20.6. The molecule has 0 saturated heterocycles. The molecule has 0 amide bonds. The number of rotatable bonds is 21. The molecule has 0 aliphatic heterocycles. The van der Waals surface area contributed by atoms with Gasteiger partial charge in [0.1, 0.15) is 0 Å². The van der Waals surface area contributed by atoms with Crippen molar-refractivity contribution in [3.63, 3.8) is 0 Å². The molecule has 0 bridgehead atoms.